The number of unbranched alkanes of at least 4 members (excludes halogenated alkanes) is 3. The summed E-state index contributed by atoms with van der Waals surface area (Å²) in [6, 6.07) is 9.04. The van der Waals surface area contributed by atoms with Crippen molar-refractivity contribution in [3.63, 3.8) is 0 Å². The average molecular weight is 1160 g/mol. The summed E-state index contributed by atoms with van der Waals surface area (Å²) in [6.07, 6.45) is 22.3. The number of nitriles is 1. The number of rotatable bonds is 23. The molecule has 2 aromatic rings. The Morgan fingerprint density at radius 1 is 0.964 bits per heavy atom. The summed E-state index contributed by atoms with van der Waals surface area (Å²) in [5, 5.41) is 12.5. The first-order chi connectivity index (χ1) is 39.8. The van der Waals surface area contributed by atoms with E-state index in [1.54, 1.807) is 13.3 Å². The summed E-state index contributed by atoms with van der Waals surface area (Å²) in [4.78, 5) is 66.7. The number of ether oxygens (including phenoxy) is 1. The van der Waals surface area contributed by atoms with Crippen molar-refractivity contribution in [3.05, 3.63) is 81.0 Å². The lowest BCUT2D eigenvalue weighted by Gasteiger charge is -2.38. The number of nitrogen functional groups attached to an aromatic ring is 1. The first kappa shape index (κ1) is 71.8. The van der Waals surface area contributed by atoms with Gasteiger partial charge in [0.25, 0.3) is 0 Å². The van der Waals surface area contributed by atoms with Gasteiger partial charge < -0.3 is 25.2 Å². The highest BCUT2D eigenvalue weighted by molar-refractivity contribution is 7.16. The quantitative estimate of drug-likeness (QED) is 0.0360. The number of methoxy groups -OCH3 is 1. The zero-order valence-electron chi connectivity index (χ0n) is 54.0. The molecule has 3 N–H and O–H groups in total. The number of piperidine rings is 3. The van der Waals surface area contributed by atoms with Crippen LogP contribution in [0.5, 0.6) is 0 Å². The number of allylic oxidation sites excluding steroid dienone is 2. The SMILES string of the molecule is C=C(/C=C\N=C(C)CCC)/C(N=C(OC)[C@H]1CCCc2sc(N)c(C#N)c21)=C(/C)CC.CC.CC1CCC(=O)NC1=O.CCCCCCN(CCC)CC(=O)N1CCC(CN2CCC(c3ccc(C)c(N(C)C(=O)C(C)CC)c3)CC2)CC1. The van der Waals surface area contributed by atoms with Gasteiger partial charge in [0.2, 0.25) is 23.6 Å². The maximum Gasteiger partial charge on any atom is 0.236 e. The third-order valence-corrected chi connectivity index (χ3v) is 17.9. The molecule has 4 heterocycles. The van der Waals surface area contributed by atoms with Gasteiger partial charge in [0.05, 0.1) is 30.8 Å². The van der Waals surface area contributed by atoms with Gasteiger partial charge in [-0.1, -0.05) is 107 Å². The number of likely N-dealkylation sites (tertiary alicyclic amines) is 2. The van der Waals surface area contributed by atoms with Crippen LogP contribution in [-0.4, -0.2) is 116 Å². The second-order valence-electron chi connectivity index (χ2n) is 23.2. The molecule has 6 rings (SSSR count). The fourth-order valence-corrected chi connectivity index (χ4v) is 12.4. The fraction of sp³-hybridized carbons (Fsp3) is 0.662. The predicted octanol–water partition coefficient (Wildman–Crippen LogP) is 14.5. The number of fused-ring (bicyclic) bond motifs is 1. The van der Waals surface area contributed by atoms with Gasteiger partial charge >= 0.3 is 0 Å². The lowest BCUT2D eigenvalue weighted by atomic mass is 9.85. The van der Waals surface area contributed by atoms with Gasteiger partial charge in [0.1, 0.15) is 11.1 Å². The van der Waals surface area contributed by atoms with Crippen LogP contribution in [0.1, 0.15) is 224 Å². The standard InChI is InChI=1S/C35H60N4O2.C25H34N4OS.C6H9NO2.C2H6/c1-7-10-11-12-20-37(19-8-2)27-34(40)39-23-15-30(16-24-39)26-38-21-17-31(18-22-38)32-14-13-29(5)33(25-32)36(6)35(41)28(4)9-3;1-7-10-18(5)28-14-13-17(4)23(16(3)8-2)29-25(30-6)19-11-9-12-21-22(19)20(15-26)24(27)31-21;1-4-2-3-5(8)7-6(4)9;1-2/h13-14,25,28,30-31H,7-12,15-24,26-27H2,1-6H3;13-14,19H,4,7-12,27H2,1-3,5-6H3;4H,2-3H2,1H3,(H,7,8,9);1-2H3/b;14-13-,23-16+,28-18?,29-25?;;/t;19-;;/m.0../s1. The number of imide groups is 1. The molecule has 3 aliphatic heterocycles. The third kappa shape index (κ3) is 22.8. The van der Waals surface area contributed by atoms with E-state index in [1.165, 1.54) is 72.4 Å². The molecule has 462 valence electrons. The molecule has 0 saturated carbocycles. The Kier molecular flexibility index (Phi) is 33.3. The highest BCUT2D eigenvalue weighted by Gasteiger charge is 2.33. The minimum Gasteiger partial charge on any atom is -0.484 e. The van der Waals surface area contributed by atoms with Crippen LogP contribution in [0.15, 0.2) is 63.9 Å². The number of nitrogens with two attached hydrogens (primary N) is 1. The molecule has 1 aliphatic carbocycles. The number of nitrogens with zero attached hydrogens (tertiary/aromatic N) is 7. The first-order valence-corrected chi connectivity index (χ1v) is 32.6. The average Bonchev–Trinajstić information content (AvgIpc) is 4.12. The second-order valence-corrected chi connectivity index (χ2v) is 24.3. The third-order valence-electron chi connectivity index (χ3n) is 16.8. The van der Waals surface area contributed by atoms with Gasteiger partial charge in [-0.3, -0.25) is 34.4 Å². The molecule has 3 atom stereocenters. The molecule has 83 heavy (non-hydrogen) atoms. The predicted molar refractivity (Wildman–Crippen MR) is 348 cm³/mol. The Hall–Kier alpha value is -5.43. The van der Waals surface area contributed by atoms with Crippen molar-refractivity contribution in [3.8, 4) is 6.07 Å². The second kappa shape index (κ2) is 38.5. The maximum absolute atomic E-state index is 13.1. The molecule has 4 aliphatic rings. The van der Waals surface area contributed by atoms with Gasteiger partial charge in [-0.15, -0.1) is 11.3 Å². The molecule has 3 fully saturated rings. The Bertz CT molecular complexity index is 2540. The van der Waals surface area contributed by atoms with Crippen molar-refractivity contribution in [1.82, 2.24) is 20.0 Å². The summed E-state index contributed by atoms with van der Waals surface area (Å²) in [5.41, 5.74) is 15.1. The van der Waals surface area contributed by atoms with Gasteiger partial charge in [-0.05, 0) is 182 Å². The van der Waals surface area contributed by atoms with E-state index in [1.807, 2.05) is 52.6 Å². The molecule has 15 heteroatoms. The topological polar surface area (TPSA) is 177 Å². The Balaban J connectivity index is 0.000000377. The van der Waals surface area contributed by atoms with Crippen LogP contribution < -0.4 is 16.0 Å². The maximum atomic E-state index is 13.1. The van der Waals surface area contributed by atoms with Gasteiger partial charge in [0.15, 0.2) is 5.90 Å². The summed E-state index contributed by atoms with van der Waals surface area (Å²) in [6.45, 7) is 37.0. The molecule has 0 spiro atoms. The highest BCUT2D eigenvalue weighted by atomic mass is 32.1. The number of aryl methyl sites for hydroxylation is 2. The number of hydrogen-bond donors (Lipinski definition) is 2. The lowest BCUT2D eigenvalue weighted by molar-refractivity contribution is -0.136. The van der Waals surface area contributed by atoms with Crippen LogP contribution in [0.25, 0.3) is 0 Å². The Labute approximate surface area is 506 Å². The molecular formula is C68H109N9O5S. The highest BCUT2D eigenvalue weighted by Crippen LogP contribution is 2.43. The molecule has 0 bridgehead atoms. The molecule has 1 aromatic heterocycles. The molecule has 4 amide bonds. The summed E-state index contributed by atoms with van der Waals surface area (Å²) < 4.78 is 5.78. The molecule has 14 nitrogen and oxygen atoms in total. The number of benzene rings is 1. The number of thiophene rings is 1. The summed E-state index contributed by atoms with van der Waals surface area (Å²) in [7, 11) is 3.57. The summed E-state index contributed by atoms with van der Waals surface area (Å²) >= 11 is 1.52. The van der Waals surface area contributed by atoms with E-state index in [0.29, 0.717) is 53.6 Å². The number of carbonyl (C=O) groups is 4. The normalized spacial score (nSPS) is 18.7. The molecule has 0 radical (unpaired) electrons. The van der Waals surface area contributed by atoms with Crippen molar-refractivity contribution >= 4 is 57.3 Å². The number of nitrogens with one attached hydrogen (secondary N) is 1. The number of aliphatic imine (C=N–C) groups is 2. The van der Waals surface area contributed by atoms with Crippen molar-refractivity contribution in [2.45, 2.75) is 210 Å². The van der Waals surface area contributed by atoms with Crippen molar-refractivity contribution in [2.24, 2.45) is 27.7 Å². The number of anilines is 2. The van der Waals surface area contributed by atoms with Crippen LogP contribution in [0.4, 0.5) is 10.7 Å². The number of carbonyl (C=O) groups excluding carboxylic acids is 4. The Morgan fingerprint density at radius 2 is 1.66 bits per heavy atom. The monoisotopic (exact) mass is 1160 g/mol. The van der Waals surface area contributed by atoms with Crippen LogP contribution in [0.2, 0.25) is 0 Å². The molecule has 1 aromatic carbocycles. The molecule has 2 unspecified atom stereocenters. The van der Waals surface area contributed by atoms with E-state index in [-0.39, 0.29) is 35.5 Å². The van der Waals surface area contributed by atoms with E-state index < -0.39 is 0 Å². The Morgan fingerprint density at radius 3 is 2.25 bits per heavy atom. The smallest absolute Gasteiger partial charge is 0.236 e. The number of amides is 4. The van der Waals surface area contributed by atoms with Crippen molar-refractivity contribution < 1.29 is 23.9 Å². The van der Waals surface area contributed by atoms with Gasteiger partial charge in [-0.25, -0.2) is 4.99 Å². The van der Waals surface area contributed by atoms with Crippen LogP contribution in [0.3, 0.4) is 0 Å². The minimum atomic E-state index is -0.141. The van der Waals surface area contributed by atoms with Crippen LogP contribution in [0, 0.1) is 36.0 Å². The van der Waals surface area contributed by atoms with Crippen molar-refractivity contribution in [1.29, 1.82) is 5.26 Å². The van der Waals surface area contributed by atoms with Gasteiger partial charge in [0, 0.05) is 67.4 Å². The van der Waals surface area contributed by atoms with E-state index in [2.05, 4.69) is 104 Å². The van der Waals surface area contributed by atoms with E-state index in [0.717, 1.165) is 137 Å². The van der Waals surface area contributed by atoms with E-state index in [4.69, 9.17) is 15.5 Å². The zero-order chi connectivity index (χ0) is 61.6. The van der Waals surface area contributed by atoms with E-state index >= 15 is 0 Å². The lowest BCUT2D eigenvalue weighted by Crippen LogP contribution is -2.46. The largest absolute Gasteiger partial charge is 0.484 e. The summed E-state index contributed by atoms with van der Waals surface area (Å²) in [5.74, 6) is 2.13. The van der Waals surface area contributed by atoms with E-state index in [9.17, 15) is 24.4 Å². The van der Waals surface area contributed by atoms with Crippen LogP contribution in [-0.2, 0) is 30.3 Å². The first-order valence-electron chi connectivity index (χ1n) is 31.8. The van der Waals surface area contributed by atoms with Crippen molar-refractivity contribution in [2.75, 3.05) is 77.1 Å². The fourth-order valence-electron chi connectivity index (χ4n) is 11.3. The van der Waals surface area contributed by atoms with Crippen LogP contribution >= 0.6 is 11.3 Å². The molecular weight excluding hydrogens is 1050 g/mol. The molecule has 3 saturated heterocycles. The number of hydrogen-bond acceptors (Lipinski definition) is 12. The minimum absolute atomic E-state index is 0.0164. The van der Waals surface area contributed by atoms with Gasteiger partial charge in [-0.2, -0.15) is 5.26 Å². The zero-order valence-corrected chi connectivity index (χ0v) is 54.8.